The van der Waals surface area contributed by atoms with Gasteiger partial charge in [0.25, 0.3) is 0 Å². The number of unbranched alkanes of at least 4 members (excludes halogenated alkanes) is 1. The molecule has 1 heteroatoms. The van der Waals surface area contributed by atoms with Crippen molar-refractivity contribution < 1.29 is 0 Å². The Hall–Kier alpha value is -0.820. The van der Waals surface area contributed by atoms with Gasteiger partial charge in [0.15, 0.2) is 0 Å². The summed E-state index contributed by atoms with van der Waals surface area (Å²) in [6, 6.07) is 9.33. The number of hydrogen-bond acceptors (Lipinski definition) is 1. The Balaban J connectivity index is 1.92. The SMILES string of the molecule is CC(C)(C)C1CCC(c2cccc(CCCCN)c2)CC1. The lowest BCUT2D eigenvalue weighted by Crippen LogP contribution is -2.25. The van der Waals surface area contributed by atoms with E-state index >= 15 is 0 Å². The zero-order valence-corrected chi connectivity index (χ0v) is 14.2. The van der Waals surface area contributed by atoms with E-state index in [1.54, 1.807) is 5.56 Å². The molecule has 0 atom stereocenters. The molecule has 0 bridgehead atoms. The van der Waals surface area contributed by atoms with Crippen LogP contribution in [0.25, 0.3) is 0 Å². The third-order valence-corrected chi connectivity index (χ3v) is 5.29. The molecule has 0 radical (unpaired) electrons. The topological polar surface area (TPSA) is 26.0 Å². The molecule has 1 saturated carbocycles. The van der Waals surface area contributed by atoms with Gasteiger partial charge in [0, 0.05) is 0 Å². The van der Waals surface area contributed by atoms with Crippen molar-refractivity contribution in [2.45, 2.75) is 71.6 Å². The Morgan fingerprint density at radius 2 is 1.76 bits per heavy atom. The molecule has 1 aromatic carbocycles. The molecule has 0 unspecified atom stereocenters. The maximum Gasteiger partial charge on any atom is -0.00772 e. The molecule has 0 saturated heterocycles. The number of hydrogen-bond donors (Lipinski definition) is 1. The zero-order chi connectivity index (χ0) is 15.3. The van der Waals surface area contributed by atoms with E-state index < -0.39 is 0 Å². The molecule has 21 heavy (non-hydrogen) atoms. The number of benzene rings is 1. The summed E-state index contributed by atoms with van der Waals surface area (Å²) < 4.78 is 0. The van der Waals surface area contributed by atoms with Crippen LogP contribution in [0, 0.1) is 11.3 Å². The van der Waals surface area contributed by atoms with Gasteiger partial charge in [-0.3, -0.25) is 0 Å². The fourth-order valence-electron chi connectivity index (χ4n) is 3.77. The van der Waals surface area contributed by atoms with Crippen molar-refractivity contribution >= 4 is 0 Å². The average molecular weight is 287 g/mol. The van der Waals surface area contributed by atoms with Gasteiger partial charge in [0.1, 0.15) is 0 Å². The van der Waals surface area contributed by atoms with Crippen molar-refractivity contribution in [1.29, 1.82) is 0 Å². The first kappa shape index (κ1) is 16.5. The fraction of sp³-hybridized carbons (Fsp3) is 0.700. The molecular weight excluding hydrogens is 254 g/mol. The lowest BCUT2D eigenvalue weighted by Gasteiger charge is -2.37. The van der Waals surface area contributed by atoms with Gasteiger partial charge in [0.2, 0.25) is 0 Å². The van der Waals surface area contributed by atoms with Crippen LogP contribution in [0.5, 0.6) is 0 Å². The van der Waals surface area contributed by atoms with Crippen molar-refractivity contribution in [3.63, 3.8) is 0 Å². The summed E-state index contributed by atoms with van der Waals surface area (Å²) in [6.45, 7) is 8.01. The molecule has 1 aliphatic rings. The monoisotopic (exact) mass is 287 g/mol. The van der Waals surface area contributed by atoms with Crippen LogP contribution in [0.4, 0.5) is 0 Å². The molecule has 0 spiro atoms. The first-order valence-corrected chi connectivity index (χ1v) is 8.79. The summed E-state index contributed by atoms with van der Waals surface area (Å²) in [5, 5.41) is 0. The second-order valence-corrected chi connectivity index (χ2v) is 7.91. The van der Waals surface area contributed by atoms with Crippen LogP contribution in [0.1, 0.15) is 76.3 Å². The Kier molecular flexibility index (Phi) is 5.87. The van der Waals surface area contributed by atoms with Gasteiger partial charge >= 0.3 is 0 Å². The second kappa shape index (κ2) is 7.45. The highest BCUT2D eigenvalue weighted by Crippen LogP contribution is 2.43. The van der Waals surface area contributed by atoms with Gasteiger partial charge in [-0.15, -0.1) is 0 Å². The summed E-state index contributed by atoms with van der Waals surface area (Å²) in [5.41, 5.74) is 9.14. The Morgan fingerprint density at radius 3 is 2.38 bits per heavy atom. The predicted octanol–water partition coefficient (Wildman–Crippen LogP) is 5.29. The first-order valence-electron chi connectivity index (χ1n) is 8.79. The molecule has 2 rings (SSSR count). The van der Waals surface area contributed by atoms with Gasteiger partial charge in [0.05, 0.1) is 0 Å². The molecule has 1 aliphatic carbocycles. The highest BCUT2D eigenvalue weighted by atomic mass is 14.5. The van der Waals surface area contributed by atoms with Crippen LogP contribution >= 0.6 is 0 Å². The highest BCUT2D eigenvalue weighted by molar-refractivity contribution is 5.27. The van der Waals surface area contributed by atoms with Crippen molar-refractivity contribution in [1.82, 2.24) is 0 Å². The zero-order valence-electron chi connectivity index (χ0n) is 14.2. The van der Waals surface area contributed by atoms with Gasteiger partial charge in [-0.1, -0.05) is 45.0 Å². The van der Waals surface area contributed by atoms with Crippen molar-refractivity contribution in [2.24, 2.45) is 17.1 Å². The minimum absolute atomic E-state index is 0.481. The van der Waals surface area contributed by atoms with Crippen LogP contribution in [-0.4, -0.2) is 6.54 Å². The smallest absolute Gasteiger partial charge is 0.00772 e. The molecule has 1 fully saturated rings. The van der Waals surface area contributed by atoms with E-state index in [9.17, 15) is 0 Å². The number of aryl methyl sites for hydroxylation is 1. The standard InChI is InChI=1S/C20H33N/c1-20(2,3)19-12-10-17(11-13-19)18-9-6-8-16(15-18)7-4-5-14-21/h6,8-9,15,17,19H,4-5,7,10-14,21H2,1-3H3. The molecule has 0 aliphatic heterocycles. The predicted molar refractivity (Wildman–Crippen MR) is 92.6 cm³/mol. The summed E-state index contributed by atoms with van der Waals surface area (Å²) >= 11 is 0. The van der Waals surface area contributed by atoms with E-state index in [1.807, 2.05) is 0 Å². The minimum atomic E-state index is 0.481. The summed E-state index contributed by atoms with van der Waals surface area (Å²) in [4.78, 5) is 0. The van der Waals surface area contributed by atoms with Crippen LogP contribution in [-0.2, 0) is 6.42 Å². The Bertz CT molecular complexity index is 422. The largest absolute Gasteiger partial charge is 0.330 e. The molecule has 2 N–H and O–H groups in total. The van der Waals surface area contributed by atoms with E-state index in [0.29, 0.717) is 5.41 Å². The molecule has 118 valence electrons. The lowest BCUT2D eigenvalue weighted by molar-refractivity contribution is 0.169. The van der Waals surface area contributed by atoms with Crippen LogP contribution < -0.4 is 5.73 Å². The summed E-state index contributed by atoms with van der Waals surface area (Å²) in [5.74, 6) is 1.69. The van der Waals surface area contributed by atoms with E-state index in [1.165, 1.54) is 44.1 Å². The van der Waals surface area contributed by atoms with Crippen LogP contribution in [0.3, 0.4) is 0 Å². The normalized spacial score (nSPS) is 23.2. The number of rotatable bonds is 5. The summed E-state index contributed by atoms with van der Waals surface area (Å²) in [6.07, 6.45) is 9.07. The Morgan fingerprint density at radius 1 is 1.05 bits per heavy atom. The highest BCUT2D eigenvalue weighted by Gasteiger charge is 2.30. The quantitative estimate of drug-likeness (QED) is 0.732. The Labute approximate surface area is 131 Å². The maximum absolute atomic E-state index is 5.59. The van der Waals surface area contributed by atoms with Gasteiger partial charge in [-0.05, 0) is 79.9 Å². The van der Waals surface area contributed by atoms with Crippen LogP contribution in [0.15, 0.2) is 24.3 Å². The molecule has 0 amide bonds. The minimum Gasteiger partial charge on any atom is -0.330 e. The first-order chi connectivity index (χ1) is 10.0. The van der Waals surface area contributed by atoms with Crippen LogP contribution in [0.2, 0.25) is 0 Å². The van der Waals surface area contributed by atoms with E-state index in [0.717, 1.165) is 24.8 Å². The molecule has 0 heterocycles. The third kappa shape index (κ3) is 4.85. The van der Waals surface area contributed by atoms with Gasteiger partial charge in [-0.2, -0.15) is 0 Å². The van der Waals surface area contributed by atoms with Crippen molar-refractivity contribution in [3.8, 4) is 0 Å². The lowest BCUT2D eigenvalue weighted by atomic mass is 9.68. The van der Waals surface area contributed by atoms with E-state index in [2.05, 4.69) is 45.0 Å². The van der Waals surface area contributed by atoms with Gasteiger partial charge in [-0.25, -0.2) is 0 Å². The molecule has 0 aromatic heterocycles. The molecule has 1 aromatic rings. The van der Waals surface area contributed by atoms with Crippen molar-refractivity contribution in [3.05, 3.63) is 35.4 Å². The van der Waals surface area contributed by atoms with Gasteiger partial charge < -0.3 is 5.73 Å². The van der Waals surface area contributed by atoms with Crippen molar-refractivity contribution in [2.75, 3.05) is 6.54 Å². The van der Waals surface area contributed by atoms with E-state index in [-0.39, 0.29) is 0 Å². The van der Waals surface area contributed by atoms with E-state index in [4.69, 9.17) is 5.73 Å². The molecule has 1 nitrogen and oxygen atoms in total. The average Bonchev–Trinajstić information content (AvgIpc) is 2.47. The third-order valence-electron chi connectivity index (χ3n) is 5.29. The second-order valence-electron chi connectivity index (χ2n) is 7.91. The summed E-state index contributed by atoms with van der Waals surface area (Å²) in [7, 11) is 0. The number of nitrogens with two attached hydrogens (primary N) is 1. The molecular formula is C20H33N. The fourth-order valence-corrected chi connectivity index (χ4v) is 3.77. The maximum atomic E-state index is 5.59.